The van der Waals surface area contributed by atoms with Crippen LogP contribution in [0.15, 0.2) is 91.0 Å². The van der Waals surface area contributed by atoms with Gasteiger partial charge in [-0.15, -0.1) is 0 Å². The van der Waals surface area contributed by atoms with Crippen LogP contribution in [0.3, 0.4) is 0 Å². The quantitative estimate of drug-likeness (QED) is 0.494. The second-order valence-corrected chi connectivity index (χ2v) is 8.42. The molecule has 5 heteroatoms. The number of rotatable bonds is 9. The lowest BCUT2D eigenvalue weighted by Crippen LogP contribution is -2.43. The van der Waals surface area contributed by atoms with E-state index in [1.54, 1.807) is 0 Å². The molecule has 33 heavy (non-hydrogen) atoms. The third kappa shape index (κ3) is 5.68. The van der Waals surface area contributed by atoms with Crippen LogP contribution in [0.25, 0.3) is 0 Å². The number of nitrogens with zero attached hydrogens (tertiary/aromatic N) is 1. The molecule has 3 aromatic carbocycles. The number of carbonyl (C=O) groups is 2. The van der Waals surface area contributed by atoms with Crippen molar-refractivity contribution in [3.63, 3.8) is 0 Å². The van der Waals surface area contributed by atoms with Gasteiger partial charge in [0, 0.05) is 19.6 Å². The molecule has 2 atom stereocenters. The smallest absolute Gasteiger partial charge is 0.326 e. The second kappa shape index (κ2) is 10.9. The van der Waals surface area contributed by atoms with E-state index in [9.17, 15) is 14.7 Å². The fourth-order valence-electron chi connectivity index (χ4n) is 4.50. The van der Waals surface area contributed by atoms with Gasteiger partial charge in [0.2, 0.25) is 5.91 Å². The van der Waals surface area contributed by atoms with Gasteiger partial charge < -0.3 is 14.7 Å². The van der Waals surface area contributed by atoms with Crippen molar-refractivity contribution in [2.75, 3.05) is 13.2 Å². The normalized spacial score (nSPS) is 17.9. The molecule has 2 unspecified atom stereocenters. The lowest BCUT2D eigenvalue weighted by atomic mass is 9.90. The number of benzene rings is 3. The van der Waals surface area contributed by atoms with Gasteiger partial charge in [0.1, 0.15) is 6.04 Å². The monoisotopic (exact) mass is 443 g/mol. The zero-order valence-electron chi connectivity index (χ0n) is 18.5. The first-order valence-corrected chi connectivity index (χ1v) is 11.4. The van der Waals surface area contributed by atoms with Crippen LogP contribution in [0.5, 0.6) is 0 Å². The third-order valence-corrected chi connectivity index (χ3v) is 6.15. The Kier molecular flexibility index (Phi) is 7.53. The molecule has 5 nitrogen and oxygen atoms in total. The largest absolute Gasteiger partial charge is 0.480 e. The van der Waals surface area contributed by atoms with E-state index in [1.807, 2.05) is 78.9 Å². The maximum Gasteiger partial charge on any atom is 0.326 e. The minimum atomic E-state index is -0.987. The van der Waals surface area contributed by atoms with Gasteiger partial charge in [0.25, 0.3) is 0 Å². The molecular weight excluding hydrogens is 414 g/mol. The number of aryl methyl sites for hydroxylation is 1. The number of aliphatic carboxylic acids is 1. The van der Waals surface area contributed by atoms with Crippen molar-refractivity contribution >= 4 is 11.9 Å². The van der Waals surface area contributed by atoms with Gasteiger partial charge in [-0.2, -0.15) is 0 Å². The minimum absolute atomic E-state index is 0.199. The number of carboxylic acids is 1. The maximum atomic E-state index is 13.7. The average molecular weight is 444 g/mol. The van der Waals surface area contributed by atoms with Crippen LogP contribution in [-0.2, 0) is 20.7 Å². The fourth-order valence-corrected chi connectivity index (χ4v) is 4.50. The first-order chi connectivity index (χ1) is 16.1. The third-order valence-electron chi connectivity index (χ3n) is 6.15. The van der Waals surface area contributed by atoms with E-state index in [0.29, 0.717) is 13.0 Å². The van der Waals surface area contributed by atoms with Crippen LogP contribution in [0, 0.1) is 0 Å². The Bertz CT molecular complexity index is 1000. The summed E-state index contributed by atoms with van der Waals surface area (Å²) in [6.45, 7) is 0.825. The maximum absolute atomic E-state index is 13.7. The Morgan fingerprint density at radius 3 is 1.97 bits per heavy atom. The van der Waals surface area contributed by atoms with Crippen LogP contribution in [0.4, 0.5) is 0 Å². The number of amides is 1. The summed E-state index contributed by atoms with van der Waals surface area (Å²) in [6.07, 6.45) is 1.78. The van der Waals surface area contributed by atoms with Crippen molar-refractivity contribution in [2.24, 2.45) is 0 Å². The molecule has 1 N–H and O–H groups in total. The topological polar surface area (TPSA) is 66.8 Å². The molecule has 0 aromatic heterocycles. The van der Waals surface area contributed by atoms with E-state index in [4.69, 9.17) is 4.74 Å². The zero-order valence-corrected chi connectivity index (χ0v) is 18.5. The molecular formula is C28H29NO4. The predicted molar refractivity (Wildman–Crippen MR) is 127 cm³/mol. The van der Waals surface area contributed by atoms with Crippen LogP contribution in [-0.4, -0.2) is 47.2 Å². The molecule has 1 aliphatic rings. The second-order valence-electron chi connectivity index (χ2n) is 8.42. The minimum Gasteiger partial charge on any atom is -0.480 e. The predicted octanol–water partition coefficient (Wildman–Crippen LogP) is 4.52. The highest BCUT2D eigenvalue weighted by Gasteiger charge is 2.42. The van der Waals surface area contributed by atoms with E-state index in [-0.39, 0.29) is 18.6 Å². The molecule has 0 aliphatic carbocycles. The fraction of sp³-hybridized carbons (Fsp3) is 0.286. The summed E-state index contributed by atoms with van der Waals surface area (Å²) in [5.74, 6) is -1.74. The summed E-state index contributed by atoms with van der Waals surface area (Å²) >= 11 is 0. The van der Waals surface area contributed by atoms with Crippen molar-refractivity contribution in [3.8, 4) is 0 Å². The molecule has 1 saturated heterocycles. The molecule has 0 spiro atoms. The SMILES string of the molecule is O=C(O)C1CC(OCCCc2ccccc2)CN1C(=O)C(c1ccccc1)c1ccccc1. The molecule has 0 radical (unpaired) electrons. The van der Waals surface area contributed by atoms with E-state index in [0.717, 1.165) is 24.0 Å². The number of likely N-dealkylation sites (tertiary alicyclic amines) is 1. The van der Waals surface area contributed by atoms with Gasteiger partial charge in [-0.3, -0.25) is 4.79 Å². The lowest BCUT2D eigenvalue weighted by Gasteiger charge is -2.27. The Morgan fingerprint density at radius 1 is 0.879 bits per heavy atom. The van der Waals surface area contributed by atoms with E-state index in [1.165, 1.54) is 10.5 Å². The summed E-state index contributed by atoms with van der Waals surface area (Å²) in [4.78, 5) is 27.2. The first kappa shape index (κ1) is 22.7. The molecule has 0 saturated carbocycles. The number of hydrogen-bond acceptors (Lipinski definition) is 3. The molecule has 0 bridgehead atoms. The number of hydrogen-bond donors (Lipinski definition) is 1. The van der Waals surface area contributed by atoms with E-state index in [2.05, 4.69) is 12.1 Å². The Morgan fingerprint density at radius 2 is 1.42 bits per heavy atom. The molecule has 1 heterocycles. The van der Waals surface area contributed by atoms with Crippen molar-refractivity contribution in [1.82, 2.24) is 4.90 Å². The summed E-state index contributed by atoms with van der Waals surface area (Å²) in [5.41, 5.74) is 2.96. The van der Waals surface area contributed by atoms with Crippen molar-refractivity contribution in [1.29, 1.82) is 0 Å². The molecule has 1 amide bonds. The Labute approximate surface area is 194 Å². The Balaban J connectivity index is 1.46. The van der Waals surface area contributed by atoms with E-state index >= 15 is 0 Å². The molecule has 1 aliphatic heterocycles. The molecule has 3 aromatic rings. The highest BCUT2D eigenvalue weighted by atomic mass is 16.5. The van der Waals surface area contributed by atoms with Crippen molar-refractivity contribution in [2.45, 2.75) is 37.3 Å². The number of carboxylic acid groups (broad SMARTS) is 1. The molecule has 4 rings (SSSR count). The summed E-state index contributed by atoms with van der Waals surface area (Å²) in [6, 6.07) is 28.4. The zero-order chi connectivity index (χ0) is 23.0. The average Bonchev–Trinajstić information content (AvgIpc) is 3.29. The van der Waals surface area contributed by atoms with Crippen molar-refractivity contribution in [3.05, 3.63) is 108 Å². The number of carbonyl (C=O) groups excluding carboxylic acids is 1. The first-order valence-electron chi connectivity index (χ1n) is 11.4. The Hall–Kier alpha value is -3.44. The van der Waals surface area contributed by atoms with E-state index < -0.39 is 17.9 Å². The van der Waals surface area contributed by atoms with Crippen LogP contribution in [0.1, 0.15) is 35.4 Å². The van der Waals surface area contributed by atoms with Gasteiger partial charge in [-0.25, -0.2) is 4.79 Å². The van der Waals surface area contributed by atoms with Gasteiger partial charge in [0.15, 0.2) is 0 Å². The van der Waals surface area contributed by atoms with Gasteiger partial charge >= 0.3 is 5.97 Å². The summed E-state index contributed by atoms with van der Waals surface area (Å²) < 4.78 is 6.02. The highest BCUT2D eigenvalue weighted by molar-refractivity contribution is 5.91. The van der Waals surface area contributed by atoms with Crippen LogP contribution in [0.2, 0.25) is 0 Å². The number of ether oxygens (including phenoxy) is 1. The summed E-state index contributed by atoms with van der Waals surface area (Å²) in [5, 5.41) is 9.84. The van der Waals surface area contributed by atoms with Crippen LogP contribution < -0.4 is 0 Å². The van der Waals surface area contributed by atoms with Crippen LogP contribution >= 0.6 is 0 Å². The summed E-state index contributed by atoms with van der Waals surface area (Å²) in [7, 11) is 0. The lowest BCUT2D eigenvalue weighted by molar-refractivity contribution is -0.148. The standard InChI is InChI=1S/C28H29NO4/c30-27(26(22-14-6-2-7-15-22)23-16-8-3-9-17-23)29-20-24(19-25(29)28(31)32)33-18-10-13-21-11-4-1-5-12-21/h1-9,11-12,14-17,24-26H,10,13,18-20H2,(H,31,32). The van der Waals surface area contributed by atoms with Crippen molar-refractivity contribution < 1.29 is 19.4 Å². The highest BCUT2D eigenvalue weighted by Crippen LogP contribution is 2.31. The van der Waals surface area contributed by atoms with Gasteiger partial charge in [-0.1, -0.05) is 91.0 Å². The molecule has 170 valence electrons. The van der Waals surface area contributed by atoms with Gasteiger partial charge in [0.05, 0.1) is 12.0 Å². The van der Waals surface area contributed by atoms with Gasteiger partial charge in [-0.05, 0) is 29.5 Å². The molecule has 1 fully saturated rings.